The average Bonchev–Trinajstić information content (AvgIpc) is 2.16. The maximum atomic E-state index is 2.42. The van der Waals surface area contributed by atoms with E-state index in [0.717, 1.165) is 0 Å². The van der Waals surface area contributed by atoms with Gasteiger partial charge in [-0.25, -0.2) is 0 Å². The first kappa shape index (κ1) is 10.5. The predicted octanol–water partition coefficient (Wildman–Crippen LogP) is 3.37. The van der Waals surface area contributed by atoms with Gasteiger partial charge < -0.3 is 4.90 Å². The molecule has 1 heterocycles. The van der Waals surface area contributed by atoms with Gasteiger partial charge in [-0.3, -0.25) is 0 Å². The molecule has 0 radical (unpaired) electrons. The second kappa shape index (κ2) is 3.55. The highest BCUT2D eigenvalue weighted by molar-refractivity contribution is 5.62. The van der Waals surface area contributed by atoms with Crippen molar-refractivity contribution in [2.24, 2.45) is 0 Å². The average molecular weight is 203 g/mol. The topological polar surface area (TPSA) is 3.24 Å². The molecular weight excluding hydrogens is 182 g/mol. The lowest BCUT2D eigenvalue weighted by Crippen LogP contribution is -2.28. The molecule has 0 spiro atoms. The summed E-state index contributed by atoms with van der Waals surface area (Å²) in [6.45, 7) is 8.08. The summed E-state index contributed by atoms with van der Waals surface area (Å²) in [6.07, 6.45) is 2.53. The zero-order valence-corrected chi connectivity index (χ0v) is 10.3. The summed E-state index contributed by atoms with van der Waals surface area (Å²) in [6, 6.07) is 6.76. The summed E-state index contributed by atoms with van der Waals surface area (Å²) in [5.74, 6) is 0. The predicted molar refractivity (Wildman–Crippen MR) is 66.7 cm³/mol. The smallest absolute Gasteiger partial charge is 0.0434 e. The standard InChI is InChI=1S/C14H21N/c1-14(2,3)12-9-5-7-11-8-6-10-15(4)13(11)12/h5,7,9H,6,8,10H2,1-4H3. The van der Waals surface area contributed by atoms with Crippen LogP contribution in [0.15, 0.2) is 18.2 Å². The van der Waals surface area contributed by atoms with E-state index in [4.69, 9.17) is 0 Å². The highest BCUT2D eigenvalue weighted by Crippen LogP contribution is 2.36. The molecule has 0 atom stereocenters. The van der Waals surface area contributed by atoms with E-state index in [1.54, 1.807) is 0 Å². The van der Waals surface area contributed by atoms with Crippen LogP contribution in [0.5, 0.6) is 0 Å². The molecule has 0 aliphatic carbocycles. The highest BCUT2D eigenvalue weighted by atomic mass is 15.1. The third-order valence-corrected chi connectivity index (χ3v) is 3.25. The monoisotopic (exact) mass is 203 g/mol. The summed E-state index contributed by atoms with van der Waals surface area (Å²) in [5.41, 5.74) is 4.74. The molecule has 0 saturated carbocycles. The van der Waals surface area contributed by atoms with Gasteiger partial charge in [0, 0.05) is 19.3 Å². The molecule has 0 fully saturated rings. The normalized spacial score (nSPS) is 16.4. The van der Waals surface area contributed by atoms with Crippen LogP contribution < -0.4 is 4.90 Å². The number of hydrogen-bond acceptors (Lipinski definition) is 1. The lowest BCUT2D eigenvalue weighted by molar-refractivity contribution is 0.583. The van der Waals surface area contributed by atoms with E-state index in [1.165, 1.54) is 36.2 Å². The van der Waals surface area contributed by atoms with Crippen LogP contribution in [0.2, 0.25) is 0 Å². The molecule has 1 aliphatic heterocycles. The first-order chi connectivity index (χ1) is 7.00. The Bertz CT molecular complexity index is 360. The largest absolute Gasteiger partial charge is 0.374 e. The first-order valence-corrected chi connectivity index (χ1v) is 5.83. The van der Waals surface area contributed by atoms with Gasteiger partial charge in [-0.05, 0) is 29.4 Å². The van der Waals surface area contributed by atoms with Crippen LogP contribution in [0.1, 0.15) is 38.3 Å². The van der Waals surface area contributed by atoms with E-state index in [9.17, 15) is 0 Å². The maximum absolute atomic E-state index is 2.42. The fraction of sp³-hybridized carbons (Fsp3) is 0.571. The van der Waals surface area contributed by atoms with Gasteiger partial charge in [-0.2, -0.15) is 0 Å². The van der Waals surface area contributed by atoms with Crippen LogP contribution in [-0.4, -0.2) is 13.6 Å². The first-order valence-electron chi connectivity index (χ1n) is 5.83. The zero-order valence-electron chi connectivity index (χ0n) is 10.3. The van der Waals surface area contributed by atoms with Crippen molar-refractivity contribution in [3.63, 3.8) is 0 Å². The second-order valence-corrected chi connectivity index (χ2v) is 5.59. The van der Waals surface area contributed by atoms with Crippen LogP contribution in [-0.2, 0) is 11.8 Å². The molecule has 15 heavy (non-hydrogen) atoms. The van der Waals surface area contributed by atoms with E-state index in [2.05, 4.69) is 50.9 Å². The molecule has 1 nitrogen and oxygen atoms in total. The molecule has 1 aromatic rings. The summed E-state index contributed by atoms with van der Waals surface area (Å²) in [7, 11) is 2.22. The van der Waals surface area contributed by atoms with Gasteiger partial charge in [-0.15, -0.1) is 0 Å². The fourth-order valence-electron chi connectivity index (χ4n) is 2.47. The van der Waals surface area contributed by atoms with E-state index in [1.807, 2.05) is 0 Å². The van der Waals surface area contributed by atoms with Crippen LogP contribution >= 0.6 is 0 Å². The molecule has 0 bridgehead atoms. The summed E-state index contributed by atoms with van der Waals surface area (Å²) in [4.78, 5) is 2.42. The molecule has 0 saturated heterocycles. The molecular formula is C14H21N. The maximum Gasteiger partial charge on any atom is 0.0434 e. The van der Waals surface area contributed by atoms with Gasteiger partial charge in [-0.1, -0.05) is 39.0 Å². The Morgan fingerprint density at radius 2 is 1.93 bits per heavy atom. The van der Waals surface area contributed by atoms with Crippen molar-refractivity contribution in [2.45, 2.75) is 39.0 Å². The summed E-state index contributed by atoms with van der Waals surface area (Å²) < 4.78 is 0. The minimum Gasteiger partial charge on any atom is -0.374 e. The van der Waals surface area contributed by atoms with Crippen molar-refractivity contribution in [2.75, 3.05) is 18.5 Å². The number of para-hydroxylation sites is 1. The molecule has 82 valence electrons. The highest BCUT2D eigenvalue weighted by Gasteiger charge is 2.23. The third-order valence-electron chi connectivity index (χ3n) is 3.25. The summed E-state index contributed by atoms with van der Waals surface area (Å²) in [5, 5.41) is 0. The van der Waals surface area contributed by atoms with E-state index >= 15 is 0 Å². The van der Waals surface area contributed by atoms with Crippen LogP contribution in [0, 0.1) is 0 Å². The number of anilines is 1. The van der Waals surface area contributed by atoms with Gasteiger partial charge in [0.15, 0.2) is 0 Å². The van der Waals surface area contributed by atoms with Crippen LogP contribution in [0.25, 0.3) is 0 Å². The molecule has 0 unspecified atom stereocenters. The van der Waals surface area contributed by atoms with Crippen LogP contribution in [0.4, 0.5) is 5.69 Å². The van der Waals surface area contributed by atoms with Gasteiger partial charge in [0.1, 0.15) is 0 Å². The van der Waals surface area contributed by atoms with E-state index < -0.39 is 0 Å². The Kier molecular flexibility index (Phi) is 2.49. The lowest BCUT2D eigenvalue weighted by atomic mass is 9.82. The molecule has 0 amide bonds. The van der Waals surface area contributed by atoms with Crippen molar-refractivity contribution in [1.29, 1.82) is 0 Å². The molecule has 1 heteroatoms. The number of hydrogen-bond donors (Lipinski definition) is 0. The van der Waals surface area contributed by atoms with Crippen molar-refractivity contribution in [3.8, 4) is 0 Å². The molecule has 2 rings (SSSR count). The molecule has 0 aromatic heterocycles. The fourth-order valence-corrected chi connectivity index (χ4v) is 2.47. The zero-order chi connectivity index (χ0) is 11.1. The number of aryl methyl sites for hydroxylation is 1. The minimum atomic E-state index is 0.247. The van der Waals surface area contributed by atoms with Gasteiger partial charge in [0.2, 0.25) is 0 Å². The van der Waals surface area contributed by atoms with Gasteiger partial charge >= 0.3 is 0 Å². The molecule has 1 aliphatic rings. The Labute approximate surface area is 93.1 Å². The lowest BCUT2D eigenvalue weighted by Gasteiger charge is -2.34. The number of fused-ring (bicyclic) bond motifs is 1. The Hall–Kier alpha value is -0.980. The Morgan fingerprint density at radius 3 is 2.60 bits per heavy atom. The van der Waals surface area contributed by atoms with Crippen molar-refractivity contribution in [3.05, 3.63) is 29.3 Å². The van der Waals surface area contributed by atoms with Gasteiger partial charge in [0.25, 0.3) is 0 Å². The van der Waals surface area contributed by atoms with E-state index in [-0.39, 0.29) is 5.41 Å². The van der Waals surface area contributed by atoms with E-state index in [0.29, 0.717) is 0 Å². The minimum absolute atomic E-state index is 0.247. The third kappa shape index (κ3) is 1.88. The van der Waals surface area contributed by atoms with Crippen molar-refractivity contribution in [1.82, 2.24) is 0 Å². The van der Waals surface area contributed by atoms with Crippen molar-refractivity contribution < 1.29 is 0 Å². The molecule has 1 aromatic carbocycles. The summed E-state index contributed by atoms with van der Waals surface area (Å²) >= 11 is 0. The number of benzene rings is 1. The van der Waals surface area contributed by atoms with Crippen LogP contribution in [0.3, 0.4) is 0 Å². The number of nitrogens with zero attached hydrogens (tertiary/aromatic N) is 1. The van der Waals surface area contributed by atoms with Crippen molar-refractivity contribution >= 4 is 5.69 Å². The quantitative estimate of drug-likeness (QED) is 0.625. The second-order valence-electron chi connectivity index (χ2n) is 5.59. The van der Waals surface area contributed by atoms with Gasteiger partial charge in [0.05, 0.1) is 0 Å². The number of rotatable bonds is 0. The SMILES string of the molecule is CN1CCCc2cccc(C(C)(C)C)c21. The molecule has 0 N–H and O–H groups in total. The Morgan fingerprint density at radius 1 is 1.20 bits per heavy atom. The Balaban J connectivity index is 2.57.